The van der Waals surface area contributed by atoms with Crippen LogP contribution in [-0.4, -0.2) is 20.1 Å². The predicted octanol–water partition coefficient (Wildman–Crippen LogP) is 1.59. The van der Waals surface area contributed by atoms with E-state index in [4.69, 9.17) is 10.5 Å². The lowest BCUT2D eigenvalue weighted by Crippen LogP contribution is -2.24. The second-order valence-corrected chi connectivity index (χ2v) is 4.23. The Balaban J connectivity index is 2.80. The van der Waals surface area contributed by atoms with Crippen LogP contribution >= 0.6 is 15.9 Å². The monoisotopic (exact) mass is 286 g/mol. The van der Waals surface area contributed by atoms with Gasteiger partial charge in [0.1, 0.15) is 5.75 Å². The molecule has 0 heterocycles. The fraction of sp³-hybridized carbons (Fsp3) is 0.364. The highest BCUT2D eigenvalue weighted by Gasteiger charge is 2.12. The number of carbonyl (C=O) groups excluding carboxylic acids is 1. The number of methoxy groups -OCH3 is 1. The van der Waals surface area contributed by atoms with Gasteiger partial charge in [0.05, 0.1) is 11.6 Å². The molecular weight excluding hydrogens is 272 g/mol. The van der Waals surface area contributed by atoms with E-state index in [9.17, 15) is 4.79 Å². The van der Waals surface area contributed by atoms with Crippen molar-refractivity contribution in [3.8, 4) is 5.75 Å². The van der Waals surface area contributed by atoms with Crippen molar-refractivity contribution in [2.75, 3.05) is 14.2 Å². The van der Waals surface area contributed by atoms with Gasteiger partial charge in [-0.3, -0.25) is 4.79 Å². The van der Waals surface area contributed by atoms with Crippen LogP contribution in [0.3, 0.4) is 0 Å². The molecule has 0 aliphatic carbocycles. The van der Waals surface area contributed by atoms with E-state index in [0.29, 0.717) is 0 Å². The highest BCUT2D eigenvalue weighted by atomic mass is 79.9. The third-order valence-corrected chi connectivity index (χ3v) is 2.91. The molecule has 1 unspecified atom stereocenters. The molecular formula is C11H15BrN2O2. The van der Waals surface area contributed by atoms with E-state index >= 15 is 0 Å². The summed E-state index contributed by atoms with van der Waals surface area (Å²) in [5.74, 6) is 0.676. The topological polar surface area (TPSA) is 64.4 Å². The number of nitrogens with one attached hydrogen (secondary N) is 1. The Morgan fingerprint density at radius 3 is 2.81 bits per heavy atom. The lowest BCUT2D eigenvalue weighted by atomic mass is 10.0. The van der Waals surface area contributed by atoms with Crippen LogP contribution in [0, 0.1) is 0 Å². The molecule has 16 heavy (non-hydrogen) atoms. The Kier molecular flexibility index (Phi) is 4.76. The third kappa shape index (κ3) is 3.21. The summed E-state index contributed by atoms with van der Waals surface area (Å²) in [5, 5.41) is 2.55. The van der Waals surface area contributed by atoms with Crippen LogP contribution in [0.25, 0.3) is 0 Å². The van der Waals surface area contributed by atoms with Gasteiger partial charge in [-0.25, -0.2) is 0 Å². The van der Waals surface area contributed by atoms with Gasteiger partial charge in [-0.05, 0) is 33.6 Å². The van der Waals surface area contributed by atoms with Crippen molar-refractivity contribution < 1.29 is 9.53 Å². The Bertz CT molecular complexity index is 382. The van der Waals surface area contributed by atoms with E-state index in [1.807, 2.05) is 18.2 Å². The van der Waals surface area contributed by atoms with Gasteiger partial charge >= 0.3 is 0 Å². The highest BCUT2D eigenvalue weighted by molar-refractivity contribution is 9.10. The molecule has 0 aliphatic heterocycles. The minimum atomic E-state index is -0.304. The molecule has 1 rings (SSSR count). The third-order valence-electron chi connectivity index (χ3n) is 2.29. The summed E-state index contributed by atoms with van der Waals surface area (Å²) in [4.78, 5) is 11.2. The number of carbonyl (C=O) groups is 1. The lowest BCUT2D eigenvalue weighted by Gasteiger charge is -2.12. The first-order valence-corrected chi connectivity index (χ1v) is 5.67. The van der Waals surface area contributed by atoms with Crippen molar-refractivity contribution in [1.29, 1.82) is 0 Å². The highest BCUT2D eigenvalue weighted by Crippen LogP contribution is 2.28. The van der Waals surface area contributed by atoms with Gasteiger partial charge in [-0.2, -0.15) is 0 Å². The average molecular weight is 287 g/mol. The number of hydrogen-bond acceptors (Lipinski definition) is 3. The standard InChI is InChI=1S/C11H15BrN2O2/c1-14-11(15)6-9(13)7-3-4-10(16-2)8(12)5-7/h3-5,9H,6,13H2,1-2H3,(H,14,15). The van der Waals surface area contributed by atoms with Crippen LogP contribution in [0.1, 0.15) is 18.0 Å². The molecule has 0 aliphatic rings. The molecule has 0 aromatic heterocycles. The molecule has 5 heteroatoms. The van der Waals surface area contributed by atoms with Crippen LogP contribution in [-0.2, 0) is 4.79 Å². The molecule has 0 radical (unpaired) electrons. The summed E-state index contributed by atoms with van der Waals surface area (Å²) in [6.07, 6.45) is 0.273. The van der Waals surface area contributed by atoms with Gasteiger partial charge in [0.25, 0.3) is 0 Å². The van der Waals surface area contributed by atoms with E-state index < -0.39 is 0 Å². The maximum Gasteiger partial charge on any atom is 0.221 e. The number of rotatable bonds is 4. The van der Waals surface area contributed by atoms with Crippen molar-refractivity contribution in [2.45, 2.75) is 12.5 Å². The summed E-state index contributed by atoms with van der Waals surface area (Å²) in [7, 11) is 3.20. The second kappa shape index (κ2) is 5.86. The van der Waals surface area contributed by atoms with E-state index in [2.05, 4.69) is 21.2 Å². The molecule has 1 atom stereocenters. The number of halogens is 1. The van der Waals surface area contributed by atoms with E-state index in [1.54, 1.807) is 14.2 Å². The van der Waals surface area contributed by atoms with Gasteiger partial charge in [0.2, 0.25) is 5.91 Å². The first kappa shape index (κ1) is 13.0. The minimum Gasteiger partial charge on any atom is -0.496 e. The zero-order valence-electron chi connectivity index (χ0n) is 9.29. The molecule has 0 saturated carbocycles. The molecule has 0 fully saturated rings. The van der Waals surface area contributed by atoms with Crippen molar-refractivity contribution in [2.24, 2.45) is 5.73 Å². The fourth-order valence-electron chi connectivity index (χ4n) is 1.33. The maximum absolute atomic E-state index is 11.2. The summed E-state index contributed by atoms with van der Waals surface area (Å²) in [6, 6.07) is 5.24. The molecule has 4 nitrogen and oxygen atoms in total. The Hall–Kier alpha value is -1.07. The summed E-state index contributed by atoms with van der Waals surface area (Å²) >= 11 is 3.38. The van der Waals surface area contributed by atoms with Crippen LogP contribution in [0.5, 0.6) is 5.75 Å². The zero-order chi connectivity index (χ0) is 12.1. The van der Waals surface area contributed by atoms with E-state index in [0.717, 1.165) is 15.8 Å². The number of ether oxygens (including phenoxy) is 1. The normalized spacial score (nSPS) is 12.0. The minimum absolute atomic E-state index is 0.0700. The first-order chi connectivity index (χ1) is 7.58. The molecule has 0 saturated heterocycles. The quantitative estimate of drug-likeness (QED) is 0.884. The smallest absolute Gasteiger partial charge is 0.221 e. The first-order valence-electron chi connectivity index (χ1n) is 4.88. The summed E-state index contributed by atoms with van der Waals surface area (Å²) in [5.41, 5.74) is 6.81. The molecule has 1 aromatic rings. The molecule has 0 bridgehead atoms. The van der Waals surface area contributed by atoms with Crippen LogP contribution < -0.4 is 15.8 Å². The molecule has 88 valence electrons. The number of nitrogens with two attached hydrogens (primary N) is 1. The molecule has 1 aromatic carbocycles. The molecule has 0 spiro atoms. The predicted molar refractivity (Wildman–Crippen MR) is 66.3 cm³/mol. The van der Waals surface area contributed by atoms with E-state index in [-0.39, 0.29) is 18.4 Å². The van der Waals surface area contributed by atoms with Crippen molar-refractivity contribution in [3.63, 3.8) is 0 Å². The SMILES string of the molecule is CNC(=O)CC(N)c1ccc(OC)c(Br)c1. The molecule has 3 N–H and O–H groups in total. The van der Waals surface area contributed by atoms with Crippen molar-refractivity contribution in [3.05, 3.63) is 28.2 Å². The van der Waals surface area contributed by atoms with Gasteiger partial charge in [0.15, 0.2) is 0 Å². The van der Waals surface area contributed by atoms with Crippen LogP contribution in [0.15, 0.2) is 22.7 Å². The number of hydrogen-bond donors (Lipinski definition) is 2. The fourth-order valence-corrected chi connectivity index (χ4v) is 1.89. The Morgan fingerprint density at radius 1 is 1.62 bits per heavy atom. The zero-order valence-corrected chi connectivity index (χ0v) is 10.9. The van der Waals surface area contributed by atoms with Crippen molar-refractivity contribution >= 4 is 21.8 Å². The number of amides is 1. The second-order valence-electron chi connectivity index (χ2n) is 3.38. The van der Waals surface area contributed by atoms with Crippen LogP contribution in [0.4, 0.5) is 0 Å². The largest absolute Gasteiger partial charge is 0.496 e. The van der Waals surface area contributed by atoms with Gasteiger partial charge < -0.3 is 15.8 Å². The maximum atomic E-state index is 11.2. The van der Waals surface area contributed by atoms with Crippen molar-refractivity contribution in [1.82, 2.24) is 5.32 Å². The number of benzene rings is 1. The van der Waals surface area contributed by atoms with Gasteiger partial charge in [-0.15, -0.1) is 0 Å². The van der Waals surface area contributed by atoms with E-state index in [1.165, 1.54) is 0 Å². The average Bonchev–Trinajstić information content (AvgIpc) is 2.28. The summed E-state index contributed by atoms with van der Waals surface area (Å²) in [6.45, 7) is 0. The lowest BCUT2D eigenvalue weighted by molar-refractivity contribution is -0.120. The van der Waals surface area contributed by atoms with Crippen LogP contribution in [0.2, 0.25) is 0 Å². The van der Waals surface area contributed by atoms with Gasteiger partial charge in [-0.1, -0.05) is 6.07 Å². The Labute approximate surface area is 103 Å². The Morgan fingerprint density at radius 2 is 2.31 bits per heavy atom. The summed E-state index contributed by atoms with van der Waals surface area (Å²) < 4.78 is 5.95. The molecule has 1 amide bonds. The van der Waals surface area contributed by atoms with Gasteiger partial charge in [0, 0.05) is 19.5 Å².